The molecule has 0 aliphatic carbocycles. The number of hydrogen-bond acceptors (Lipinski definition) is 8. The van der Waals surface area contributed by atoms with Gasteiger partial charge in [0, 0.05) is 26.2 Å². The van der Waals surface area contributed by atoms with E-state index in [-0.39, 0.29) is 37.6 Å². The molecular weight excluding hydrogens is 334 g/mol. The zero-order valence-electron chi connectivity index (χ0n) is 14.6. The van der Waals surface area contributed by atoms with Crippen LogP contribution >= 0.6 is 0 Å². The average molecular weight is 355 g/mol. The van der Waals surface area contributed by atoms with E-state index in [1.54, 1.807) is 27.7 Å². The molecule has 11 nitrogen and oxygen atoms in total. The third kappa shape index (κ3) is 3.75. The Morgan fingerprint density at radius 2 is 1.04 bits per heavy atom. The maximum atomic E-state index is 11.8. The summed E-state index contributed by atoms with van der Waals surface area (Å²) in [4.78, 5) is 35.2. The van der Waals surface area contributed by atoms with Gasteiger partial charge >= 0.3 is 17.1 Å². The first-order valence-corrected chi connectivity index (χ1v) is 7.88. The van der Waals surface area contributed by atoms with E-state index in [4.69, 9.17) is 0 Å². The molecule has 0 aliphatic heterocycles. The summed E-state index contributed by atoms with van der Waals surface area (Å²) in [5, 5.41) is 34.7. The van der Waals surface area contributed by atoms with Crippen molar-refractivity contribution in [2.75, 3.05) is 36.0 Å². The van der Waals surface area contributed by atoms with Gasteiger partial charge in [0.2, 0.25) is 0 Å². The number of nitro benzene ring substituents is 3. The second-order valence-corrected chi connectivity index (χ2v) is 5.08. The highest BCUT2D eigenvalue weighted by Crippen LogP contribution is 2.49. The molecule has 0 fully saturated rings. The standard InChI is InChI=1S/C14H21N5O6/c1-5-15(6-2)12-10(17(20)21)9-11(18(22)23)13(14(12)19(24)25)16(7-3)8-4/h9H,5-8H2,1-4H3. The van der Waals surface area contributed by atoms with E-state index >= 15 is 0 Å². The van der Waals surface area contributed by atoms with Gasteiger partial charge in [-0.25, -0.2) is 0 Å². The van der Waals surface area contributed by atoms with E-state index in [1.807, 2.05) is 0 Å². The van der Waals surface area contributed by atoms with E-state index in [1.165, 1.54) is 9.80 Å². The SMILES string of the molecule is CCN(CC)c1c([N+](=O)[O-])cc([N+](=O)[O-])c(N(CC)CC)c1[N+](=O)[O-]. The molecule has 0 N–H and O–H groups in total. The van der Waals surface area contributed by atoms with Crippen LogP contribution in [0.25, 0.3) is 0 Å². The number of benzene rings is 1. The smallest absolute Gasteiger partial charge is 0.329 e. The van der Waals surface area contributed by atoms with Gasteiger partial charge < -0.3 is 9.80 Å². The third-order valence-corrected chi connectivity index (χ3v) is 3.94. The first kappa shape index (κ1) is 20.1. The Balaban J connectivity index is 4.10. The topological polar surface area (TPSA) is 136 Å². The summed E-state index contributed by atoms with van der Waals surface area (Å²) >= 11 is 0. The van der Waals surface area contributed by atoms with Crippen LogP contribution in [0.1, 0.15) is 27.7 Å². The molecule has 138 valence electrons. The van der Waals surface area contributed by atoms with Crippen molar-refractivity contribution in [2.24, 2.45) is 0 Å². The molecule has 1 aromatic rings. The van der Waals surface area contributed by atoms with Crippen LogP contribution in [0.3, 0.4) is 0 Å². The van der Waals surface area contributed by atoms with Gasteiger partial charge in [0.05, 0.1) is 20.8 Å². The maximum absolute atomic E-state index is 11.8. The highest BCUT2D eigenvalue weighted by molar-refractivity contribution is 5.91. The monoisotopic (exact) mass is 355 g/mol. The molecule has 0 amide bonds. The van der Waals surface area contributed by atoms with Crippen molar-refractivity contribution in [1.82, 2.24) is 0 Å². The van der Waals surface area contributed by atoms with Gasteiger partial charge in [-0.05, 0) is 27.7 Å². The van der Waals surface area contributed by atoms with Crippen molar-refractivity contribution in [3.8, 4) is 0 Å². The van der Waals surface area contributed by atoms with Crippen molar-refractivity contribution < 1.29 is 14.8 Å². The van der Waals surface area contributed by atoms with Crippen LogP contribution in [0.15, 0.2) is 6.07 Å². The molecule has 0 radical (unpaired) electrons. The summed E-state index contributed by atoms with van der Waals surface area (Å²) in [6.07, 6.45) is 0. The summed E-state index contributed by atoms with van der Waals surface area (Å²) in [7, 11) is 0. The summed E-state index contributed by atoms with van der Waals surface area (Å²) in [5.74, 6) is 0. The highest BCUT2D eigenvalue weighted by atomic mass is 16.6. The molecule has 1 rings (SSSR count). The van der Waals surface area contributed by atoms with E-state index in [0.717, 1.165) is 6.07 Å². The fourth-order valence-electron chi connectivity index (χ4n) is 2.78. The fourth-order valence-corrected chi connectivity index (χ4v) is 2.78. The lowest BCUT2D eigenvalue weighted by molar-refractivity contribution is -0.401. The highest BCUT2D eigenvalue weighted by Gasteiger charge is 2.40. The van der Waals surface area contributed by atoms with Crippen LogP contribution in [0.5, 0.6) is 0 Å². The minimum absolute atomic E-state index is 0.201. The zero-order chi connectivity index (χ0) is 19.3. The maximum Gasteiger partial charge on any atom is 0.329 e. The molecule has 0 saturated heterocycles. The zero-order valence-corrected chi connectivity index (χ0v) is 14.6. The lowest BCUT2D eigenvalue weighted by Crippen LogP contribution is -2.28. The molecule has 0 unspecified atom stereocenters. The first-order chi connectivity index (χ1) is 11.7. The van der Waals surface area contributed by atoms with Crippen molar-refractivity contribution in [3.63, 3.8) is 0 Å². The summed E-state index contributed by atoms with van der Waals surface area (Å²) in [6.45, 7) is 7.96. The van der Waals surface area contributed by atoms with Crippen LogP contribution < -0.4 is 9.80 Å². The molecular formula is C14H21N5O6. The lowest BCUT2D eigenvalue weighted by Gasteiger charge is -2.25. The predicted molar refractivity (Wildman–Crippen MR) is 93.5 cm³/mol. The molecule has 0 heterocycles. The minimum Gasteiger partial charge on any atom is -0.361 e. The number of rotatable bonds is 9. The Bertz CT molecular complexity index is 637. The second-order valence-electron chi connectivity index (χ2n) is 5.08. The van der Waals surface area contributed by atoms with Crippen molar-refractivity contribution in [2.45, 2.75) is 27.7 Å². The molecule has 0 aromatic heterocycles. The molecule has 0 atom stereocenters. The van der Waals surface area contributed by atoms with Crippen LogP contribution in [0, 0.1) is 30.3 Å². The quantitative estimate of drug-likeness (QED) is 0.487. The van der Waals surface area contributed by atoms with Crippen molar-refractivity contribution >= 4 is 28.4 Å². The van der Waals surface area contributed by atoms with Crippen molar-refractivity contribution in [3.05, 3.63) is 36.4 Å². The van der Waals surface area contributed by atoms with Gasteiger partial charge in [-0.15, -0.1) is 0 Å². The fraction of sp³-hybridized carbons (Fsp3) is 0.571. The van der Waals surface area contributed by atoms with Crippen LogP contribution in [-0.4, -0.2) is 40.9 Å². The lowest BCUT2D eigenvalue weighted by atomic mass is 10.1. The van der Waals surface area contributed by atoms with Crippen LogP contribution in [0.2, 0.25) is 0 Å². The summed E-state index contributed by atoms with van der Waals surface area (Å²) in [6, 6.07) is 0.814. The van der Waals surface area contributed by atoms with Gasteiger partial charge in [0.15, 0.2) is 11.4 Å². The number of anilines is 2. The molecule has 11 heteroatoms. The molecule has 0 spiro atoms. The van der Waals surface area contributed by atoms with Gasteiger partial charge in [0.1, 0.15) is 0 Å². The number of nitro groups is 3. The van der Waals surface area contributed by atoms with Gasteiger partial charge in [-0.2, -0.15) is 0 Å². The molecule has 0 aliphatic rings. The van der Waals surface area contributed by atoms with Gasteiger partial charge in [-0.3, -0.25) is 30.3 Å². The molecule has 25 heavy (non-hydrogen) atoms. The van der Waals surface area contributed by atoms with E-state index in [0.29, 0.717) is 0 Å². The summed E-state index contributed by atoms with van der Waals surface area (Å²) < 4.78 is 0. The Hall–Kier alpha value is -2.98. The molecule has 0 saturated carbocycles. The van der Waals surface area contributed by atoms with Gasteiger partial charge in [0.25, 0.3) is 0 Å². The predicted octanol–water partition coefficient (Wildman–Crippen LogP) is 3.10. The number of nitrogens with zero attached hydrogens (tertiary/aromatic N) is 5. The summed E-state index contributed by atoms with van der Waals surface area (Å²) in [5.41, 5.74) is -2.29. The molecule has 1 aromatic carbocycles. The average Bonchev–Trinajstić information content (AvgIpc) is 2.56. The minimum atomic E-state index is -0.820. The van der Waals surface area contributed by atoms with E-state index < -0.39 is 31.8 Å². The van der Waals surface area contributed by atoms with Crippen LogP contribution in [0.4, 0.5) is 28.4 Å². The van der Waals surface area contributed by atoms with E-state index in [9.17, 15) is 30.3 Å². The van der Waals surface area contributed by atoms with Crippen molar-refractivity contribution in [1.29, 1.82) is 0 Å². The Morgan fingerprint density at radius 3 is 1.24 bits per heavy atom. The second kappa shape index (κ2) is 8.22. The Morgan fingerprint density at radius 1 is 0.720 bits per heavy atom. The third-order valence-electron chi connectivity index (χ3n) is 3.94. The Labute approximate surface area is 144 Å². The normalized spacial score (nSPS) is 10.4. The van der Waals surface area contributed by atoms with Crippen LogP contribution in [-0.2, 0) is 0 Å². The van der Waals surface area contributed by atoms with E-state index in [2.05, 4.69) is 0 Å². The first-order valence-electron chi connectivity index (χ1n) is 7.88. The number of hydrogen-bond donors (Lipinski definition) is 0. The molecule has 0 bridgehead atoms. The Kier molecular flexibility index (Phi) is 6.60. The van der Waals surface area contributed by atoms with Gasteiger partial charge in [-0.1, -0.05) is 0 Å². The largest absolute Gasteiger partial charge is 0.361 e.